The van der Waals surface area contributed by atoms with Crippen LogP contribution in [0.1, 0.15) is 20.2 Å². The molecule has 0 fully saturated rings. The number of hydrogen-bond acceptors (Lipinski definition) is 7. The Bertz CT molecular complexity index is 1310. The van der Waals surface area contributed by atoms with Crippen molar-refractivity contribution < 1.29 is 19.6 Å². The molecule has 8 nitrogen and oxygen atoms in total. The normalized spacial score (nSPS) is 10.8. The number of thiophene rings is 1. The molecule has 2 aromatic carbocycles. The predicted octanol–water partition coefficient (Wildman–Crippen LogP) is 5.54. The highest BCUT2D eigenvalue weighted by molar-refractivity contribution is 7.20. The number of benzene rings is 2. The van der Waals surface area contributed by atoms with Gasteiger partial charge in [-0.05, 0) is 23.8 Å². The summed E-state index contributed by atoms with van der Waals surface area (Å²) < 4.78 is 0.487. The number of hydrogen-bond donors (Lipinski definition) is 2. The lowest BCUT2D eigenvalue weighted by atomic mass is 10.0. The summed E-state index contributed by atoms with van der Waals surface area (Å²) >= 11 is 7.96. The molecule has 2 heterocycles. The standard InChI is InChI=1S/C19H10ClN3O5S2/c20-10-3-1-9(2-4-10)12-8-29-17(15(12)19(25)26)22-16(24)18-21-13-6-5-11(23(27)28)7-14(13)30-18/h1-8H,(H,22,24)(H,25,26). The Kier molecular flexibility index (Phi) is 5.20. The molecular weight excluding hydrogens is 450 g/mol. The number of aromatic carboxylic acids is 1. The van der Waals surface area contributed by atoms with Crippen molar-refractivity contribution in [2.45, 2.75) is 0 Å². The van der Waals surface area contributed by atoms with Crippen LogP contribution in [0.3, 0.4) is 0 Å². The first-order valence-electron chi connectivity index (χ1n) is 8.30. The third-order valence-electron chi connectivity index (χ3n) is 4.16. The fraction of sp³-hybridized carbons (Fsp3) is 0. The lowest BCUT2D eigenvalue weighted by molar-refractivity contribution is -0.384. The van der Waals surface area contributed by atoms with Gasteiger partial charge in [0.25, 0.3) is 11.6 Å². The number of nitrogens with zero attached hydrogens (tertiary/aromatic N) is 2. The maximum atomic E-state index is 12.7. The molecular formula is C19H10ClN3O5S2. The van der Waals surface area contributed by atoms with Crippen molar-refractivity contribution in [2.75, 3.05) is 5.32 Å². The SMILES string of the molecule is O=C(Nc1scc(-c2ccc(Cl)cc2)c1C(=O)O)c1nc2ccc([N+](=O)[O-])cc2s1. The van der Waals surface area contributed by atoms with Gasteiger partial charge >= 0.3 is 5.97 Å². The lowest BCUT2D eigenvalue weighted by Crippen LogP contribution is -2.13. The van der Waals surface area contributed by atoms with Crippen LogP contribution in [-0.4, -0.2) is 26.9 Å². The van der Waals surface area contributed by atoms with E-state index in [1.807, 2.05) is 0 Å². The van der Waals surface area contributed by atoms with Crippen LogP contribution in [0.5, 0.6) is 0 Å². The van der Waals surface area contributed by atoms with E-state index in [4.69, 9.17) is 11.6 Å². The minimum absolute atomic E-state index is 0.0348. The second-order valence-corrected chi connectivity index (χ2v) is 8.39. The van der Waals surface area contributed by atoms with Crippen LogP contribution in [0.4, 0.5) is 10.7 Å². The molecule has 0 aliphatic carbocycles. The van der Waals surface area contributed by atoms with Crippen molar-refractivity contribution in [3.8, 4) is 11.1 Å². The number of amides is 1. The molecule has 4 rings (SSSR count). The molecule has 0 unspecified atom stereocenters. The number of halogens is 1. The number of carbonyl (C=O) groups excluding carboxylic acids is 1. The molecule has 1 amide bonds. The molecule has 0 aliphatic heterocycles. The molecule has 2 aromatic heterocycles. The smallest absolute Gasteiger partial charge is 0.339 e. The van der Waals surface area contributed by atoms with E-state index in [1.165, 1.54) is 18.2 Å². The fourth-order valence-corrected chi connectivity index (χ4v) is 4.76. The molecule has 150 valence electrons. The zero-order chi connectivity index (χ0) is 21.4. The molecule has 30 heavy (non-hydrogen) atoms. The van der Waals surface area contributed by atoms with Gasteiger partial charge in [0, 0.05) is 28.1 Å². The number of fused-ring (bicyclic) bond motifs is 1. The van der Waals surface area contributed by atoms with E-state index in [-0.39, 0.29) is 21.3 Å². The van der Waals surface area contributed by atoms with Crippen molar-refractivity contribution in [3.63, 3.8) is 0 Å². The van der Waals surface area contributed by atoms with Gasteiger partial charge in [-0.3, -0.25) is 14.9 Å². The van der Waals surface area contributed by atoms with Crippen LogP contribution < -0.4 is 5.32 Å². The third kappa shape index (κ3) is 3.75. The molecule has 0 saturated heterocycles. The first kappa shape index (κ1) is 20.0. The second-order valence-electron chi connectivity index (χ2n) is 6.05. The van der Waals surface area contributed by atoms with Crippen molar-refractivity contribution in [1.29, 1.82) is 0 Å². The number of aromatic nitrogens is 1. The number of thiazole rings is 1. The summed E-state index contributed by atoms with van der Waals surface area (Å²) in [6, 6.07) is 10.8. The van der Waals surface area contributed by atoms with Gasteiger partial charge in [-0.2, -0.15) is 0 Å². The molecule has 11 heteroatoms. The van der Waals surface area contributed by atoms with Crippen LogP contribution >= 0.6 is 34.3 Å². The Morgan fingerprint density at radius 3 is 2.57 bits per heavy atom. The van der Waals surface area contributed by atoms with E-state index < -0.39 is 16.8 Å². The van der Waals surface area contributed by atoms with E-state index in [2.05, 4.69) is 10.3 Å². The van der Waals surface area contributed by atoms with Gasteiger partial charge in [-0.15, -0.1) is 22.7 Å². The largest absolute Gasteiger partial charge is 0.478 e. The van der Waals surface area contributed by atoms with E-state index in [1.54, 1.807) is 29.6 Å². The highest BCUT2D eigenvalue weighted by Gasteiger charge is 2.23. The Morgan fingerprint density at radius 1 is 1.17 bits per heavy atom. The molecule has 0 atom stereocenters. The van der Waals surface area contributed by atoms with Crippen LogP contribution in [-0.2, 0) is 0 Å². The van der Waals surface area contributed by atoms with Gasteiger partial charge in [0.05, 0.1) is 15.1 Å². The van der Waals surface area contributed by atoms with E-state index >= 15 is 0 Å². The molecule has 0 bridgehead atoms. The zero-order valence-corrected chi connectivity index (χ0v) is 17.2. The Balaban J connectivity index is 1.66. The van der Waals surface area contributed by atoms with Crippen LogP contribution in [0.25, 0.3) is 21.3 Å². The zero-order valence-electron chi connectivity index (χ0n) is 14.8. The molecule has 0 radical (unpaired) electrons. The van der Waals surface area contributed by atoms with Crippen molar-refractivity contribution >= 4 is 67.1 Å². The number of carboxylic acid groups (broad SMARTS) is 1. The molecule has 0 aliphatic rings. The van der Waals surface area contributed by atoms with Gasteiger partial charge in [-0.1, -0.05) is 23.7 Å². The van der Waals surface area contributed by atoms with E-state index in [0.717, 1.165) is 22.7 Å². The molecule has 2 N–H and O–H groups in total. The third-order valence-corrected chi connectivity index (χ3v) is 6.33. The summed E-state index contributed by atoms with van der Waals surface area (Å²) in [6.07, 6.45) is 0. The minimum Gasteiger partial charge on any atom is -0.478 e. The number of carbonyl (C=O) groups is 2. The fourth-order valence-electron chi connectivity index (χ4n) is 2.78. The number of rotatable bonds is 5. The van der Waals surface area contributed by atoms with Crippen molar-refractivity contribution in [2.24, 2.45) is 0 Å². The van der Waals surface area contributed by atoms with Gasteiger partial charge in [0.1, 0.15) is 10.6 Å². The Labute approximate surface area is 181 Å². The first-order valence-corrected chi connectivity index (χ1v) is 10.4. The van der Waals surface area contributed by atoms with E-state index in [0.29, 0.717) is 26.4 Å². The average Bonchev–Trinajstić information content (AvgIpc) is 3.32. The lowest BCUT2D eigenvalue weighted by Gasteiger charge is -2.05. The van der Waals surface area contributed by atoms with E-state index in [9.17, 15) is 24.8 Å². The molecule has 4 aromatic rings. The van der Waals surface area contributed by atoms with Crippen molar-refractivity contribution in [3.05, 3.63) is 73.6 Å². The molecule has 0 spiro atoms. The minimum atomic E-state index is -1.18. The monoisotopic (exact) mass is 459 g/mol. The summed E-state index contributed by atoms with van der Waals surface area (Å²) in [4.78, 5) is 39.1. The maximum absolute atomic E-state index is 12.7. The second kappa shape index (κ2) is 7.82. The first-order chi connectivity index (χ1) is 14.3. The predicted molar refractivity (Wildman–Crippen MR) is 116 cm³/mol. The maximum Gasteiger partial charge on any atom is 0.339 e. The summed E-state index contributed by atoms with van der Waals surface area (Å²) in [7, 11) is 0. The quantitative estimate of drug-likeness (QED) is 0.298. The van der Waals surface area contributed by atoms with Crippen LogP contribution in [0, 0.1) is 10.1 Å². The number of nitro groups is 1. The topological polar surface area (TPSA) is 122 Å². The number of nitro benzene ring substituents is 1. The van der Waals surface area contributed by atoms with Crippen LogP contribution in [0.15, 0.2) is 47.8 Å². The van der Waals surface area contributed by atoms with Gasteiger partial charge in [0.15, 0.2) is 5.01 Å². The van der Waals surface area contributed by atoms with Crippen LogP contribution in [0.2, 0.25) is 5.02 Å². The highest BCUT2D eigenvalue weighted by atomic mass is 35.5. The number of nitrogens with one attached hydrogen (secondary N) is 1. The highest BCUT2D eigenvalue weighted by Crippen LogP contribution is 2.36. The van der Waals surface area contributed by atoms with Gasteiger partial charge < -0.3 is 10.4 Å². The summed E-state index contributed by atoms with van der Waals surface area (Å²) in [5, 5.41) is 25.6. The van der Waals surface area contributed by atoms with Crippen molar-refractivity contribution in [1.82, 2.24) is 4.98 Å². The summed E-state index contributed by atoms with van der Waals surface area (Å²) in [5.41, 5.74) is 1.42. The summed E-state index contributed by atoms with van der Waals surface area (Å²) in [5.74, 6) is -1.78. The number of anilines is 1. The Morgan fingerprint density at radius 2 is 1.90 bits per heavy atom. The molecule has 0 saturated carbocycles. The number of non-ortho nitro benzene ring substituents is 1. The Hall–Kier alpha value is -3.34. The average molecular weight is 460 g/mol. The van der Waals surface area contributed by atoms with Gasteiger partial charge in [-0.25, -0.2) is 9.78 Å². The van der Waals surface area contributed by atoms with Gasteiger partial charge in [0.2, 0.25) is 0 Å². The summed E-state index contributed by atoms with van der Waals surface area (Å²) in [6.45, 7) is 0. The number of carboxylic acids is 1.